The average Bonchev–Trinajstić information content (AvgIpc) is 3.26. The van der Waals surface area contributed by atoms with Crippen LogP contribution in [0.2, 0.25) is 5.02 Å². The van der Waals surface area contributed by atoms with E-state index in [1.807, 2.05) is 42.5 Å². The predicted molar refractivity (Wildman–Crippen MR) is 111 cm³/mol. The third-order valence-electron chi connectivity index (χ3n) is 5.53. The van der Waals surface area contributed by atoms with Crippen LogP contribution in [0.3, 0.4) is 0 Å². The van der Waals surface area contributed by atoms with Gasteiger partial charge in [0.15, 0.2) is 0 Å². The van der Waals surface area contributed by atoms with E-state index in [1.165, 1.54) is 0 Å². The molecular weight excluding hydrogens is 396 g/mol. The summed E-state index contributed by atoms with van der Waals surface area (Å²) in [4.78, 5) is 4.84. The van der Waals surface area contributed by atoms with Crippen molar-refractivity contribution in [3.63, 3.8) is 0 Å². The molecule has 2 fully saturated rings. The third kappa shape index (κ3) is 4.23. The molecular formula is C20H25ClN4O2S. The number of sulfonamides is 1. The van der Waals surface area contributed by atoms with Crippen LogP contribution in [0.5, 0.6) is 0 Å². The highest BCUT2D eigenvalue weighted by molar-refractivity contribution is 7.89. The van der Waals surface area contributed by atoms with Crippen LogP contribution in [0.15, 0.2) is 42.5 Å². The van der Waals surface area contributed by atoms with Gasteiger partial charge in [-0.15, -0.1) is 0 Å². The Kier molecular flexibility index (Phi) is 5.99. The van der Waals surface area contributed by atoms with Crippen molar-refractivity contribution >= 4 is 21.6 Å². The van der Waals surface area contributed by atoms with Crippen molar-refractivity contribution in [2.75, 3.05) is 26.2 Å². The van der Waals surface area contributed by atoms with Gasteiger partial charge < -0.3 is 0 Å². The maximum Gasteiger partial charge on any atom is 0.219 e. The zero-order chi connectivity index (χ0) is 19.6. The minimum atomic E-state index is -3.30. The standard InChI is InChI=1S/C20H25ClN4O2S/c21-19-8-2-1-5-15(19)11-17-7-3-9-20(24-17)16-6-4-10-25(14-16)28(26,27)18-12-22-23-13-18/h1-3,5,7-9,16,18,22-23H,4,6,10-14H2. The Bertz CT molecular complexity index is 931. The number of nitrogens with zero attached hydrogens (tertiary/aromatic N) is 2. The summed E-state index contributed by atoms with van der Waals surface area (Å²) < 4.78 is 27.5. The fraction of sp³-hybridized carbons (Fsp3) is 0.450. The topological polar surface area (TPSA) is 74.3 Å². The molecule has 0 spiro atoms. The van der Waals surface area contributed by atoms with E-state index in [0.717, 1.165) is 34.8 Å². The lowest BCUT2D eigenvalue weighted by atomic mass is 9.95. The minimum Gasteiger partial charge on any atom is -0.257 e. The summed E-state index contributed by atoms with van der Waals surface area (Å²) >= 11 is 6.28. The van der Waals surface area contributed by atoms with E-state index in [0.29, 0.717) is 32.6 Å². The molecule has 3 heterocycles. The minimum absolute atomic E-state index is 0.122. The van der Waals surface area contributed by atoms with Crippen molar-refractivity contribution in [3.8, 4) is 0 Å². The number of benzene rings is 1. The SMILES string of the molecule is O=S(=O)(C1CNNC1)N1CCCC(c2cccc(Cc3ccccc3Cl)n2)C1. The predicted octanol–water partition coefficient (Wildman–Crippen LogP) is 2.31. The Morgan fingerprint density at radius 1 is 1.11 bits per heavy atom. The zero-order valence-electron chi connectivity index (χ0n) is 15.6. The number of rotatable bonds is 5. The molecule has 0 bridgehead atoms. The summed E-state index contributed by atoms with van der Waals surface area (Å²) in [6.45, 7) is 2.00. The van der Waals surface area contributed by atoms with Gasteiger partial charge in [0, 0.05) is 54.9 Å². The number of pyridine rings is 1. The zero-order valence-corrected chi connectivity index (χ0v) is 17.2. The summed E-state index contributed by atoms with van der Waals surface area (Å²) in [7, 11) is -3.30. The lowest BCUT2D eigenvalue weighted by Gasteiger charge is -2.33. The Morgan fingerprint density at radius 2 is 1.89 bits per heavy atom. The van der Waals surface area contributed by atoms with Crippen LogP contribution in [0.25, 0.3) is 0 Å². The summed E-state index contributed by atoms with van der Waals surface area (Å²) in [6.07, 6.45) is 2.48. The molecule has 150 valence electrons. The maximum atomic E-state index is 12.9. The molecule has 1 atom stereocenters. The van der Waals surface area contributed by atoms with Crippen molar-refractivity contribution in [1.29, 1.82) is 0 Å². The molecule has 4 rings (SSSR count). The van der Waals surface area contributed by atoms with Crippen molar-refractivity contribution < 1.29 is 8.42 Å². The Morgan fingerprint density at radius 3 is 2.68 bits per heavy atom. The van der Waals surface area contributed by atoms with Gasteiger partial charge in [0.25, 0.3) is 0 Å². The Labute approximate surface area is 171 Å². The summed E-state index contributed by atoms with van der Waals surface area (Å²) in [5.74, 6) is 0.122. The number of hydrogen-bond acceptors (Lipinski definition) is 5. The monoisotopic (exact) mass is 420 g/mol. The van der Waals surface area contributed by atoms with E-state index in [9.17, 15) is 8.42 Å². The largest absolute Gasteiger partial charge is 0.257 e. The van der Waals surface area contributed by atoms with Crippen molar-refractivity contribution in [3.05, 3.63) is 64.4 Å². The molecule has 2 N–H and O–H groups in total. The van der Waals surface area contributed by atoms with Gasteiger partial charge in [0.2, 0.25) is 10.0 Å². The second kappa shape index (κ2) is 8.47. The van der Waals surface area contributed by atoms with E-state index < -0.39 is 15.3 Å². The maximum absolute atomic E-state index is 12.9. The molecule has 8 heteroatoms. The molecule has 6 nitrogen and oxygen atoms in total. The van der Waals surface area contributed by atoms with E-state index in [-0.39, 0.29) is 5.92 Å². The number of hydrazine groups is 1. The van der Waals surface area contributed by atoms with Gasteiger partial charge in [0.05, 0.1) is 0 Å². The molecule has 0 saturated carbocycles. The second-order valence-corrected chi connectivity index (χ2v) is 10.1. The van der Waals surface area contributed by atoms with Gasteiger partial charge >= 0.3 is 0 Å². The lowest BCUT2D eigenvalue weighted by Crippen LogP contribution is -2.45. The first-order valence-corrected chi connectivity index (χ1v) is 11.6. The number of aromatic nitrogens is 1. The first-order chi connectivity index (χ1) is 13.5. The second-order valence-electron chi connectivity index (χ2n) is 7.45. The van der Waals surface area contributed by atoms with Gasteiger partial charge in [0.1, 0.15) is 5.25 Å². The van der Waals surface area contributed by atoms with Gasteiger partial charge in [-0.1, -0.05) is 35.9 Å². The molecule has 2 aromatic rings. The molecule has 2 saturated heterocycles. The van der Waals surface area contributed by atoms with E-state index in [1.54, 1.807) is 4.31 Å². The molecule has 0 aliphatic carbocycles. The van der Waals surface area contributed by atoms with Crippen LogP contribution in [0.1, 0.15) is 35.7 Å². The van der Waals surface area contributed by atoms with Crippen LogP contribution < -0.4 is 10.9 Å². The molecule has 28 heavy (non-hydrogen) atoms. The molecule has 2 aliphatic heterocycles. The fourth-order valence-electron chi connectivity index (χ4n) is 3.94. The molecule has 0 amide bonds. The van der Waals surface area contributed by atoms with Crippen LogP contribution in [0, 0.1) is 0 Å². The fourth-order valence-corrected chi connectivity index (χ4v) is 5.92. The Hall–Kier alpha value is -1.51. The average molecular weight is 421 g/mol. The summed E-state index contributed by atoms with van der Waals surface area (Å²) in [5, 5.41) is 0.342. The number of halogens is 1. The van der Waals surface area contributed by atoms with Crippen LogP contribution in [0.4, 0.5) is 0 Å². The van der Waals surface area contributed by atoms with Crippen LogP contribution in [-0.2, 0) is 16.4 Å². The number of piperidine rings is 1. The van der Waals surface area contributed by atoms with Gasteiger partial charge in [-0.2, -0.15) is 0 Å². The van der Waals surface area contributed by atoms with Crippen LogP contribution in [-0.4, -0.2) is 49.1 Å². The number of nitrogens with one attached hydrogen (secondary N) is 2. The van der Waals surface area contributed by atoms with Crippen LogP contribution >= 0.6 is 11.6 Å². The number of hydrogen-bond donors (Lipinski definition) is 2. The van der Waals surface area contributed by atoms with Gasteiger partial charge in [-0.25, -0.2) is 12.7 Å². The summed E-state index contributed by atoms with van der Waals surface area (Å²) in [6, 6.07) is 13.8. The van der Waals surface area contributed by atoms with Crippen molar-refractivity contribution in [2.24, 2.45) is 0 Å². The molecule has 1 aromatic carbocycles. The quantitative estimate of drug-likeness (QED) is 0.776. The smallest absolute Gasteiger partial charge is 0.219 e. The van der Waals surface area contributed by atoms with E-state index in [2.05, 4.69) is 10.9 Å². The van der Waals surface area contributed by atoms with Gasteiger partial charge in [-0.05, 0) is 36.6 Å². The van der Waals surface area contributed by atoms with E-state index >= 15 is 0 Å². The van der Waals surface area contributed by atoms with Crippen molar-refractivity contribution in [2.45, 2.75) is 30.4 Å². The highest BCUT2D eigenvalue weighted by atomic mass is 35.5. The summed E-state index contributed by atoms with van der Waals surface area (Å²) in [5.41, 5.74) is 8.80. The first kappa shape index (κ1) is 19.8. The van der Waals surface area contributed by atoms with Gasteiger partial charge in [-0.3, -0.25) is 15.8 Å². The van der Waals surface area contributed by atoms with Crippen molar-refractivity contribution in [1.82, 2.24) is 20.1 Å². The Balaban J connectivity index is 1.50. The molecule has 2 aliphatic rings. The van der Waals surface area contributed by atoms with E-state index in [4.69, 9.17) is 16.6 Å². The molecule has 1 unspecified atom stereocenters. The molecule has 0 radical (unpaired) electrons. The normalized spacial score (nSPS) is 21.8. The lowest BCUT2D eigenvalue weighted by molar-refractivity contribution is 0.310. The highest BCUT2D eigenvalue weighted by Gasteiger charge is 2.37. The molecule has 1 aromatic heterocycles. The first-order valence-electron chi connectivity index (χ1n) is 9.68. The highest BCUT2D eigenvalue weighted by Crippen LogP contribution is 2.29. The third-order valence-corrected chi connectivity index (χ3v) is 8.12.